The van der Waals surface area contributed by atoms with Crippen molar-refractivity contribution < 1.29 is 13.9 Å². The van der Waals surface area contributed by atoms with E-state index < -0.39 is 17.5 Å². The van der Waals surface area contributed by atoms with Gasteiger partial charge in [0, 0.05) is 0 Å². The summed E-state index contributed by atoms with van der Waals surface area (Å²) >= 11 is 0. The minimum absolute atomic E-state index is 0.00287. The van der Waals surface area contributed by atoms with Crippen LogP contribution >= 0.6 is 0 Å². The summed E-state index contributed by atoms with van der Waals surface area (Å²) in [5, 5.41) is 2.51. The van der Waals surface area contributed by atoms with Crippen molar-refractivity contribution in [2.45, 2.75) is 32.9 Å². The monoisotopic (exact) mass is 250 g/mol. The van der Waals surface area contributed by atoms with Crippen molar-refractivity contribution in [1.29, 1.82) is 0 Å². The van der Waals surface area contributed by atoms with Gasteiger partial charge in [-0.2, -0.15) is 0 Å². The molecule has 0 radical (unpaired) electrons. The van der Waals surface area contributed by atoms with Gasteiger partial charge in [0.1, 0.15) is 11.4 Å². The van der Waals surface area contributed by atoms with Crippen LogP contribution in [-0.2, 0) is 11.3 Å². The van der Waals surface area contributed by atoms with E-state index in [1.54, 1.807) is 20.8 Å². The molecule has 0 atom stereocenters. The van der Waals surface area contributed by atoms with E-state index in [0.717, 1.165) is 0 Å². The van der Waals surface area contributed by atoms with Crippen LogP contribution in [0.2, 0.25) is 0 Å². The number of hydrogen-bond donors (Lipinski definition) is 1. The molecule has 0 aliphatic rings. The molecule has 4 nitrogen and oxygen atoms in total. The molecule has 0 saturated carbocycles. The number of nitrogens with one attached hydrogen (secondary N) is 1. The van der Waals surface area contributed by atoms with E-state index in [2.05, 4.69) is 10.2 Å². The maximum atomic E-state index is 13.0. The number of nitrogens with zero attached hydrogens (tertiary/aromatic N) is 1. The van der Waals surface area contributed by atoms with Crippen LogP contribution in [0.25, 0.3) is 4.85 Å². The number of anilines is 1. The van der Waals surface area contributed by atoms with Gasteiger partial charge in [0.2, 0.25) is 6.54 Å². The second-order valence-electron chi connectivity index (χ2n) is 4.74. The Kier molecular flexibility index (Phi) is 4.27. The Bertz CT molecular complexity index is 487. The van der Waals surface area contributed by atoms with E-state index >= 15 is 0 Å². The van der Waals surface area contributed by atoms with Crippen LogP contribution in [0.1, 0.15) is 26.3 Å². The van der Waals surface area contributed by atoms with Crippen molar-refractivity contribution in [1.82, 2.24) is 0 Å². The number of amides is 1. The average molecular weight is 250 g/mol. The Morgan fingerprint density at radius 2 is 2.17 bits per heavy atom. The van der Waals surface area contributed by atoms with Gasteiger partial charge in [0.25, 0.3) is 0 Å². The van der Waals surface area contributed by atoms with Crippen LogP contribution in [0.15, 0.2) is 18.2 Å². The molecular formula is C13H15FN2O2. The lowest BCUT2D eigenvalue weighted by molar-refractivity contribution is 0.0636. The van der Waals surface area contributed by atoms with Gasteiger partial charge in [-0.15, -0.1) is 0 Å². The van der Waals surface area contributed by atoms with E-state index in [0.29, 0.717) is 11.3 Å². The normalized spacial score (nSPS) is 10.6. The van der Waals surface area contributed by atoms with Crippen molar-refractivity contribution in [2.75, 3.05) is 5.32 Å². The molecule has 0 unspecified atom stereocenters. The molecule has 0 aliphatic carbocycles. The lowest BCUT2D eigenvalue weighted by Crippen LogP contribution is -2.27. The first-order valence-electron chi connectivity index (χ1n) is 5.43. The Morgan fingerprint density at radius 3 is 2.72 bits per heavy atom. The summed E-state index contributed by atoms with van der Waals surface area (Å²) in [5.41, 5.74) is 0.210. The maximum absolute atomic E-state index is 13.0. The standard InChI is InChI=1S/C13H15FN2O2/c1-13(2,3)18-12(17)16-11-6-5-10(14)7-9(11)8-15-4/h5-7H,8H2,1-3H3,(H,16,17). The summed E-state index contributed by atoms with van der Waals surface area (Å²) in [4.78, 5) is 14.7. The van der Waals surface area contributed by atoms with Crippen molar-refractivity contribution in [3.63, 3.8) is 0 Å². The minimum atomic E-state index is -0.625. The lowest BCUT2D eigenvalue weighted by atomic mass is 10.1. The first-order chi connectivity index (χ1) is 8.31. The summed E-state index contributed by atoms with van der Waals surface area (Å²) in [6.45, 7) is 12.0. The van der Waals surface area contributed by atoms with E-state index in [1.165, 1.54) is 18.2 Å². The number of halogens is 1. The number of ether oxygens (including phenoxy) is 1. The lowest BCUT2D eigenvalue weighted by Gasteiger charge is -2.20. The SMILES string of the molecule is [C-]#[N+]Cc1cc(F)ccc1NC(=O)OC(C)(C)C. The molecule has 0 heterocycles. The van der Waals surface area contributed by atoms with E-state index in [1.807, 2.05) is 0 Å². The predicted octanol–water partition coefficient (Wildman–Crippen LogP) is 3.59. The highest BCUT2D eigenvalue weighted by molar-refractivity contribution is 5.86. The number of carbonyl (C=O) groups is 1. The van der Waals surface area contributed by atoms with Gasteiger partial charge in [0.15, 0.2) is 0 Å². The third kappa shape index (κ3) is 4.42. The third-order valence-corrected chi connectivity index (χ3v) is 1.95. The van der Waals surface area contributed by atoms with Gasteiger partial charge in [-0.25, -0.2) is 15.8 Å². The summed E-state index contributed by atoms with van der Waals surface area (Å²) < 4.78 is 18.1. The molecule has 0 aromatic heterocycles. The first-order valence-corrected chi connectivity index (χ1v) is 5.43. The fraction of sp³-hybridized carbons (Fsp3) is 0.385. The zero-order chi connectivity index (χ0) is 13.8. The number of hydrogen-bond acceptors (Lipinski definition) is 2. The maximum Gasteiger partial charge on any atom is 0.412 e. The quantitative estimate of drug-likeness (QED) is 0.815. The second-order valence-corrected chi connectivity index (χ2v) is 4.74. The molecule has 0 fully saturated rings. The third-order valence-electron chi connectivity index (χ3n) is 1.95. The molecule has 0 aliphatic heterocycles. The first kappa shape index (κ1) is 14.0. The summed E-state index contributed by atoms with van der Waals surface area (Å²) in [5.74, 6) is -0.441. The zero-order valence-corrected chi connectivity index (χ0v) is 10.6. The van der Waals surface area contributed by atoms with Crippen molar-refractivity contribution in [2.24, 2.45) is 0 Å². The number of carbonyl (C=O) groups excluding carboxylic acids is 1. The fourth-order valence-corrected chi connectivity index (χ4v) is 1.31. The minimum Gasteiger partial charge on any atom is -0.444 e. The molecule has 0 spiro atoms. The van der Waals surface area contributed by atoms with Crippen LogP contribution in [0, 0.1) is 12.4 Å². The smallest absolute Gasteiger partial charge is 0.412 e. The van der Waals surface area contributed by atoms with Gasteiger partial charge in [-0.3, -0.25) is 5.32 Å². The Balaban J connectivity index is 2.84. The Hall–Kier alpha value is -2.09. The largest absolute Gasteiger partial charge is 0.444 e. The van der Waals surface area contributed by atoms with Gasteiger partial charge in [0.05, 0.1) is 11.3 Å². The molecular weight excluding hydrogens is 235 g/mol. The molecule has 0 saturated heterocycles. The molecule has 0 bridgehead atoms. The van der Waals surface area contributed by atoms with Crippen molar-refractivity contribution in [3.05, 3.63) is 41.0 Å². The highest BCUT2D eigenvalue weighted by atomic mass is 19.1. The summed E-state index contributed by atoms with van der Waals surface area (Å²) in [7, 11) is 0. The van der Waals surface area contributed by atoms with E-state index in [-0.39, 0.29) is 6.54 Å². The van der Waals surface area contributed by atoms with Crippen LogP contribution < -0.4 is 5.32 Å². The van der Waals surface area contributed by atoms with E-state index in [9.17, 15) is 9.18 Å². The predicted molar refractivity (Wildman–Crippen MR) is 66.6 cm³/mol. The fourth-order valence-electron chi connectivity index (χ4n) is 1.31. The molecule has 5 heteroatoms. The molecule has 1 aromatic rings. The summed E-state index contributed by atoms with van der Waals surface area (Å²) in [6, 6.07) is 3.87. The number of benzene rings is 1. The molecule has 1 aromatic carbocycles. The van der Waals surface area contributed by atoms with Crippen molar-refractivity contribution >= 4 is 11.8 Å². The van der Waals surface area contributed by atoms with Gasteiger partial charge >= 0.3 is 6.09 Å². The van der Waals surface area contributed by atoms with Crippen LogP contribution in [0.5, 0.6) is 0 Å². The highest BCUT2D eigenvalue weighted by Gasteiger charge is 2.17. The van der Waals surface area contributed by atoms with Crippen LogP contribution in [0.4, 0.5) is 14.9 Å². The van der Waals surface area contributed by atoms with Gasteiger partial charge in [-0.1, -0.05) is 0 Å². The molecule has 1 amide bonds. The Morgan fingerprint density at radius 1 is 1.50 bits per heavy atom. The molecule has 1 rings (SSSR count). The number of rotatable bonds is 2. The van der Waals surface area contributed by atoms with Crippen molar-refractivity contribution in [3.8, 4) is 0 Å². The average Bonchev–Trinajstić information content (AvgIpc) is 2.20. The van der Waals surface area contributed by atoms with E-state index in [4.69, 9.17) is 11.3 Å². The van der Waals surface area contributed by atoms with Crippen LogP contribution in [0.3, 0.4) is 0 Å². The van der Waals surface area contributed by atoms with Crippen LogP contribution in [-0.4, -0.2) is 11.7 Å². The summed E-state index contributed by atoms with van der Waals surface area (Å²) in [6.07, 6.45) is -0.625. The topological polar surface area (TPSA) is 42.7 Å². The van der Waals surface area contributed by atoms with Gasteiger partial charge < -0.3 is 9.58 Å². The molecule has 1 N–H and O–H groups in total. The second kappa shape index (κ2) is 5.50. The molecule has 18 heavy (non-hydrogen) atoms. The molecule has 96 valence electrons. The Labute approximate surface area is 106 Å². The van der Waals surface area contributed by atoms with Gasteiger partial charge in [-0.05, 0) is 39.0 Å². The zero-order valence-electron chi connectivity index (χ0n) is 10.6. The highest BCUT2D eigenvalue weighted by Crippen LogP contribution is 2.19.